The molecule has 1 N–H and O–H groups in total. The molecule has 7 nitrogen and oxygen atoms in total. The van der Waals surface area contributed by atoms with Gasteiger partial charge in [-0.15, -0.1) is 0 Å². The lowest BCUT2D eigenvalue weighted by atomic mass is 9.84. The molecule has 0 bridgehead atoms. The zero-order valence-corrected chi connectivity index (χ0v) is 22.5. The molecule has 3 aliphatic heterocycles. The van der Waals surface area contributed by atoms with E-state index in [1.54, 1.807) is 4.90 Å². The molecule has 16 heteroatoms. The van der Waals surface area contributed by atoms with Gasteiger partial charge in [0, 0.05) is 44.0 Å². The standard InChI is InChI=1S/C26H30F9N3O4/c1-22(20(39)40)6-10-37(15-22)18-13-17(24(27,28)29)4-3-16(18)14-38-9-2-5-23(38)7-11-36(12-8-23)21(41)42-19(25(30,31)32)26(33,34)35/h3-4,13,19H,2,5-12,14-15H2,1H3,(H,39,40). The number of carbonyl (C=O) groups is 2. The number of anilines is 1. The van der Waals surface area contributed by atoms with Gasteiger partial charge in [-0.1, -0.05) is 6.07 Å². The van der Waals surface area contributed by atoms with Crippen molar-refractivity contribution in [1.82, 2.24) is 9.80 Å². The summed E-state index contributed by atoms with van der Waals surface area (Å²) in [6.45, 7) is 2.15. The van der Waals surface area contributed by atoms with Crippen LogP contribution < -0.4 is 4.90 Å². The van der Waals surface area contributed by atoms with E-state index in [0.29, 0.717) is 24.9 Å². The van der Waals surface area contributed by atoms with Crippen LogP contribution in [0.25, 0.3) is 0 Å². The van der Waals surface area contributed by atoms with Gasteiger partial charge >= 0.3 is 30.6 Å². The number of carboxylic acid groups (broad SMARTS) is 1. The van der Waals surface area contributed by atoms with Crippen molar-refractivity contribution >= 4 is 17.7 Å². The third-order valence-electron chi connectivity index (χ3n) is 8.61. The summed E-state index contributed by atoms with van der Waals surface area (Å²) in [6.07, 6.45) is -20.3. The maximum absolute atomic E-state index is 13.6. The second kappa shape index (κ2) is 11.0. The number of halogens is 9. The van der Waals surface area contributed by atoms with Crippen LogP contribution in [0.15, 0.2) is 18.2 Å². The smallest absolute Gasteiger partial charge is 0.434 e. The van der Waals surface area contributed by atoms with Gasteiger partial charge in [0.2, 0.25) is 0 Å². The lowest BCUT2D eigenvalue weighted by Crippen LogP contribution is -2.54. The monoisotopic (exact) mass is 619 g/mol. The van der Waals surface area contributed by atoms with Crippen molar-refractivity contribution in [1.29, 1.82) is 0 Å². The molecular weight excluding hydrogens is 589 g/mol. The molecule has 3 saturated heterocycles. The van der Waals surface area contributed by atoms with Gasteiger partial charge in [-0.2, -0.15) is 39.5 Å². The fourth-order valence-electron chi connectivity index (χ4n) is 6.12. The average molecular weight is 620 g/mol. The second-order valence-corrected chi connectivity index (χ2v) is 11.5. The summed E-state index contributed by atoms with van der Waals surface area (Å²) in [5.74, 6) is -1.06. The van der Waals surface area contributed by atoms with E-state index >= 15 is 0 Å². The van der Waals surface area contributed by atoms with E-state index in [1.165, 1.54) is 13.0 Å². The first kappa shape index (κ1) is 32.0. The number of amides is 1. The maximum Gasteiger partial charge on any atom is 0.434 e. The van der Waals surface area contributed by atoms with Crippen LogP contribution in [-0.4, -0.2) is 83.7 Å². The molecule has 3 aliphatic rings. The highest BCUT2D eigenvalue weighted by Crippen LogP contribution is 2.43. The molecule has 1 aromatic rings. The number of hydrogen-bond acceptors (Lipinski definition) is 5. The van der Waals surface area contributed by atoms with Crippen molar-refractivity contribution in [2.45, 2.75) is 75.7 Å². The van der Waals surface area contributed by atoms with Crippen LogP contribution in [0.5, 0.6) is 0 Å². The molecule has 1 unspecified atom stereocenters. The van der Waals surface area contributed by atoms with Crippen LogP contribution in [0.3, 0.4) is 0 Å². The second-order valence-electron chi connectivity index (χ2n) is 11.5. The highest BCUT2D eigenvalue weighted by atomic mass is 19.4. The summed E-state index contributed by atoms with van der Waals surface area (Å²) in [7, 11) is 0. The molecular formula is C26H30F9N3O4. The molecule has 42 heavy (non-hydrogen) atoms. The Hall–Kier alpha value is -2.91. The van der Waals surface area contributed by atoms with Gasteiger partial charge in [-0.05, 0) is 63.3 Å². The van der Waals surface area contributed by atoms with Crippen LogP contribution in [0, 0.1) is 5.41 Å². The fourth-order valence-corrected chi connectivity index (χ4v) is 6.12. The number of likely N-dealkylation sites (tertiary alicyclic amines) is 2. The predicted octanol–water partition coefficient (Wildman–Crippen LogP) is 6.07. The summed E-state index contributed by atoms with van der Waals surface area (Å²) in [4.78, 5) is 28.4. The number of nitrogens with zero attached hydrogens (tertiary/aromatic N) is 3. The number of ether oxygens (including phenoxy) is 1. The highest BCUT2D eigenvalue weighted by Gasteiger charge is 2.60. The molecule has 0 aliphatic carbocycles. The van der Waals surface area contributed by atoms with Crippen LogP contribution in [0.4, 0.5) is 50.0 Å². The topological polar surface area (TPSA) is 73.3 Å². The third-order valence-corrected chi connectivity index (χ3v) is 8.61. The van der Waals surface area contributed by atoms with Crippen LogP contribution in [-0.2, 0) is 22.3 Å². The lowest BCUT2D eigenvalue weighted by molar-refractivity contribution is -0.308. The molecule has 1 atom stereocenters. The van der Waals surface area contributed by atoms with Gasteiger partial charge in [0.1, 0.15) is 0 Å². The van der Waals surface area contributed by atoms with Crippen LogP contribution >= 0.6 is 0 Å². The Morgan fingerprint density at radius 3 is 2.07 bits per heavy atom. The van der Waals surface area contributed by atoms with Gasteiger partial charge in [0.05, 0.1) is 11.0 Å². The van der Waals surface area contributed by atoms with E-state index in [1.807, 2.05) is 4.90 Å². The summed E-state index contributed by atoms with van der Waals surface area (Å²) in [5, 5.41) is 9.61. The van der Waals surface area contributed by atoms with Crippen LogP contribution in [0.2, 0.25) is 0 Å². The number of hydrogen-bond donors (Lipinski definition) is 1. The normalized spacial score (nSPS) is 23.7. The van der Waals surface area contributed by atoms with Crippen LogP contribution in [0.1, 0.15) is 50.2 Å². The fraction of sp³-hybridized carbons (Fsp3) is 0.692. The number of rotatable bonds is 5. The Morgan fingerprint density at radius 1 is 0.929 bits per heavy atom. The Bertz CT molecular complexity index is 1170. The first-order chi connectivity index (χ1) is 19.3. The Morgan fingerprint density at radius 2 is 1.55 bits per heavy atom. The first-order valence-corrected chi connectivity index (χ1v) is 13.3. The van der Waals surface area contributed by atoms with Crippen molar-refractivity contribution in [2.75, 3.05) is 37.6 Å². The van der Waals surface area contributed by atoms with E-state index < -0.39 is 53.2 Å². The number of carboxylic acids is 1. The predicted molar refractivity (Wildman–Crippen MR) is 130 cm³/mol. The molecule has 4 rings (SSSR count). The summed E-state index contributed by atoms with van der Waals surface area (Å²) < 4.78 is 122. The number of alkyl halides is 9. The number of benzene rings is 1. The van der Waals surface area contributed by atoms with Crippen molar-refractivity contribution in [3.05, 3.63) is 29.3 Å². The van der Waals surface area contributed by atoms with Gasteiger partial charge in [-0.3, -0.25) is 9.69 Å². The van der Waals surface area contributed by atoms with Gasteiger partial charge in [0.15, 0.2) is 0 Å². The first-order valence-electron chi connectivity index (χ1n) is 13.3. The SMILES string of the molecule is CC1(C(=O)O)CCN(c2cc(C(F)(F)F)ccc2CN2CCCC23CCN(C(=O)OC(C(F)(F)F)C(F)(F)F)CC3)C1. The van der Waals surface area contributed by atoms with E-state index in [-0.39, 0.29) is 57.7 Å². The van der Waals surface area contributed by atoms with E-state index in [4.69, 9.17) is 0 Å². The molecule has 0 aromatic heterocycles. The maximum atomic E-state index is 13.6. The molecule has 3 fully saturated rings. The van der Waals surface area contributed by atoms with Crippen molar-refractivity contribution < 1.29 is 58.9 Å². The quantitative estimate of drug-likeness (QED) is 0.404. The Labute approximate surface area is 235 Å². The van der Waals surface area contributed by atoms with Crippen molar-refractivity contribution in [3.8, 4) is 0 Å². The third kappa shape index (κ3) is 6.52. The minimum atomic E-state index is -5.83. The minimum absolute atomic E-state index is 0.00963. The Kier molecular flexibility index (Phi) is 8.37. The zero-order valence-electron chi connectivity index (χ0n) is 22.5. The van der Waals surface area contributed by atoms with Gasteiger partial charge < -0.3 is 19.6 Å². The van der Waals surface area contributed by atoms with Gasteiger partial charge in [0.25, 0.3) is 6.10 Å². The molecule has 0 radical (unpaired) electrons. The van der Waals surface area contributed by atoms with Crippen molar-refractivity contribution in [2.24, 2.45) is 5.41 Å². The summed E-state index contributed by atoms with van der Waals surface area (Å²) in [5.41, 5.74) is -1.82. The number of carbonyl (C=O) groups excluding carboxylic acids is 1. The number of piperidine rings is 1. The zero-order chi connectivity index (χ0) is 31.3. The molecule has 3 heterocycles. The molecule has 1 spiro atoms. The van der Waals surface area contributed by atoms with E-state index in [0.717, 1.165) is 17.0 Å². The molecule has 0 saturated carbocycles. The lowest BCUT2D eigenvalue weighted by Gasteiger charge is -2.45. The minimum Gasteiger partial charge on any atom is -0.481 e. The number of aliphatic carboxylic acids is 1. The summed E-state index contributed by atoms with van der Waals surface area (Å²) in [6, 6.07) is 3.30. The molecule has 1 aromatic carbocycles. The van der Waals surface area contributed by atoms with Gasteiger partial charge in [-0.25, -0.2) is 4.79 Å². The molecule has 1 amide bonds. The van der Waals surface area contributed by atoms with Crippen molar-refractivity contribution in [3.63, 3.8) is 0 Å². The Balaban J connectivity index is 1.50. The highest BCUT2D eigenvalue weighted by molar-refractivity contribution is 5.76. The van der Waals surface area contributed by atoms with E-state index in [9.17, 15) is 54.2 Å². The largest absolute Gasteiger partial charge is 0.481 e. The van der Waals surface area contributed by atoms with E-state index in [2.05, 4.69) is 4.74 Å². The average Bonchev–Trinajstić information content (AvgIpc) is 3.45. The summed E-state index contributed by atoms with van der Waals surface area (Å²) >= 11 is 0. The molecule has 236 valence electrons.